The van der Waals surface area contributed by atoms with E-state index in [4.69, 9.17) is 11.6 Å². The van der Waals surface area contributed by atoms with Crippen molar-refractivity contribution in [3.63, 3.8) is 0 Å². The molecule has 1 fully saturated rings. The number of carbonyl (C=O) groups excluding carboxylic acids is 1. The molecule has 5 nitrogen and oxygen atoms in total. The van der Waals surface area contributed by atoms with Gasteiger partial charge < -0.3 is 10.4 Å². The number of urea groups is 1. The first-order valence-corrected chi connectivity index (χ1v) is 12.5. The molecule has 1 aromatic rings. The summed E-state index contributed by atoms with van der Waals surface area (Å²) in [5, 5.41) is 13.5. The van der Waals surface area contributed by atoms with Crippen LogP contribution in [0.5, 0.6) is 0 Å². The van der Waals surface area contributed by atoms with E-state index in [0.717, 1.165) is 47.4 Å². The van der Waals surface area contributed by atoms with Gasteiger partial charge in [-0.3, -0.25) is 9.69 Å². The maximum atomic E-state index is 13.3. The topological polar surface area (TPSA) is 69.6 Å². The van der Waals surface area contributed by atoms with Crippen LogP contribution in [0.2, 0.25) is 5.02 Å². The van der Waals surface area contributed by atoms with Crippen LogP contribution in [0.4, 0.5) is 4.79 Å². The summed E-state index contributed by atoms with van der Waals surface area (Å²) in [5.41, 5.74) is 2.75. The second-order valence-electron chi connectivity index (χ2n) is 11.4. The molecule has 2 N–H and O–H groups in total. The Labute approximate surface area is 203 Å². The first-order valence-electron chi connectivity index (χ1n) is 12.2. The van der Waals surface area contributed by atoms with Gasteiger partial charge in [-0.2, -0.15) is 0 Å². The lowest BCUT2D eigenvalue weighted by atomic mass is 9.77. The zero-order chi connectivity index (χ0) is 24.6. The van der Waals surface area contributed by atoms with Crippen LogP contribution in [-0.2, 0) is 16.8 Å². The van der Waals surface area contributed by atoms with Crippen LogP contribution in [-0.4, -0.2) is 28.0 Å². The molecule has 1 heterocycles. The number of carbonyl (C=O) groups is 2. The smallest absolute Gasteiger partial charge is 0.322 e. The highest BCUT2D eigenvalue weighted by Gasteiger charge is 2.42. The predicted molar refractivity (Wildman–Crippen MR) is 133 cm³/mol. The molecular weight excluding hydrogens is 436 g/mol. The number of hydrogen-bond donors (Lipinski definition) is 2. The Hall–Kier alpha value is -2.01. The third-order valence-corrected chi connectivity index (χ3v) is 7.58. The average Bonchev–Trinajstić information content (AvgIpc) is 2.72. The summed E-state index contributed by atoms with van der Waals surface area (Å²) in [6, 6.07) is 5.89. The number of nitrogens with one attached hydrogen (secondary N) is 1. The molecule has 0 radical (unpaired) electrons. The van der Waals surface area contributed by atoms with E-state index in [1.54, 1.807) is 4.90 Å². The summed E-state index contributed by atoms with van der Waals surface area (Å²) in [4.78, 5) is 26.6. The Balaban J connectivity index is 1.91. The van der Waals surface area contributed by atoms with E-state index < -0.39 is 11.5 Å². The molecular formula is C27H39ClN2O3. The number of amides is 2. The van der Waals surface area contributed by atoms with E-state index in [9.17, 15) is 14.7 Å². The summed E-state index contributed by atoms with van der Waals surface area (Å²) < 4.78 is 0. The van der Waals surface area contributed by atoms with Crippen molar-refractivity contribution in [2.24, 2.45) is 17.3 Å². The van der Waals surface area contributed by atoms with E-state index in [1.807, 2.05) is 19.2 Å². The van der Waals surface area contributed by atoms with Crippen LogP contribution in [0, 0.1) is 17.3 Å². The minimum atomic E-state index is -0.767. The molecule has 182 valence electrons. The van der Waals surface area contributed by atoms with Crippen LogP contribution in [0.15, 0.2) is 30.0 Å². The highest BCUT2D eigenvalue weighted by atomic mass is 35.5. The summed E-state index contributed by atoms with van der Waals surface area (Å²) in [7, 11) is 0. The van der Waals surface area contributed by atoms with Crippen LogP contribution >= 0.6 is 11.6 Å². The van der Waals surface area contributed by atoms with Gasteiger partial charge in [-0.05, 0) is 73.1 Å². The van der Waals surface area contributed by atoms with Gasteiger partial charge in [-0.1, -0.05) is 64.8 Å². The lowest BCUT2D eigenvalue weighted by molar-refractivity contribution is -0.143. The number of rotatable bonds is 6. The molecule has 1 aliphatic heterocycles. The van der Waals surface area contributed by atoms with Crippen molar-refractivity contribution in [3.05, 3.63) is 46.1 Å². The molecule has 3 rings (SSSR count). The SMILES string of the molecule is CC(C)C1=CN(C2CCCC(C(=O)O)C2)C(=O)N[C@@]1(C)c1ccc(CCC(C)(C)C)c(Cl)c1. The van der Waals surface area contributed by atoms with Gasteiger partial charge in [0.2, 0.25) is 0 Å². The maximum absolute atomic E-state index is 13.3. The highest BCUT2D eigenvalue weighted by molar-refractivity contribution is 6.31. The second kappa shape index (κ2) is 9.69. The molecule has 3 atom stereocenters. The van der Waals surface area contributed by atoms with Crippen molar-refractivity contribution in [3.8, 4) is 0 Å². The number of aliphatic carboxylic acids is 1. The van der Waals surface area contributed by atoms with Crippen LogP contribution in [0.1, 0.15) is 84.8 Å². The molecule has 1 aromatic carbocycles. The highest BCUT2D eigenvalue weighted by Crippen LogP contribution is 2.40. The zero-order valence-corrected chi connectivity index (χ0v) is 21.6. The van der Waals surface area contributed by atoms with Gasteiger partial charge in [0.05, 0.1) is 11.5 Å². The normalized spacial score (nSPS) is 26.2. The Morgan fingerprint density at radius 2 is 2.00 bits per heavy atom. The zero-order valence-electron chi connectivity index (χ0n) is 20.9. The lowest BCUT2D eigenvalue weighted by Gasteiger charge is -2.45. The molecule has 0 saturated heterocycles. The van der Waals surface area contributed by atoms with Crippen molar-refractivity contribution < 1.29 is 14.7 Å². The number of hydrogen-bond acceptors (Lipinski definition) is 2. The van der Waals surface area contributed by atoms with Crippen molar-refractivity contribution in [2.45, 2.75) is 91.6 Å². The number of halogens is 1. The molecule has 33 heavy (non-hydrogen) atoms. The van der Waals surface area contributed by atoms with Gasteiger partial charge in [0.1, 0.15) is 0 Å². The molecule has 6 heteroatoms. The van der Waals surface area contributed by atoms with E-state index in [2.05, 4.69) is 52.1 Å². The lowest BCUT2D eigenvalue weighted by Crippen LogP contribution is -2.57. The fourth-order valence-corrected chi connectivity index (χ4v) is 5.41. The third kappa shape index (κ3) is 5.74. The van der Waals surface area contributed by atoms with Crippen molar-refractivity contribution in [2.75, 3.05) is 0 Å². The van der Waals surface area contributed by atoms with Gasteiger partial charge >= 0.3 is 12.0 Å². The van der Waals surface area contributed by atoms with E-state index in [0.29, 0.717) is 12.8 Å². The average molecular weight is 475 g/mol. The molecule has 2 aliphatic rings. The van der Waals surface area contributed by atoms with Gasteiger partial charge in [-0.25, -0.2) is 4.79 Å². The van der Waals surface area contributed by atoms with Gasteiger partial charge in [0.15, 0.2) is 0 Å². The molecule has 0 aromatic heterocycles. The summed E-state index contributed by atoms with van der Waals surface area (Å²) in [5.74, 6) is -0.965. The molecule has 2 unspecified atom stereocenters. The molecule has 1 aliphatic carbocycles. The van der Waals surface area contributed by atoms with Gasteiger partial charge in [-0.15, -0.1) is 0 Å². The summed E-state index contributed by atoms with van der Waals surface area (Å²) >= 11 is 6.70. The number of aryl methyl sites for hydroxylation is 1. The van der Waals surface area contributed by atoms with Crippen molar-refractivity contribution in [1.29, 1.82) is 0 Å². The summed E-state index contributed by atoms with van der Waals surface area (Å²) in [6.45, 7) is 13.0. The minimum absolute atomic E-state index is 0.0958. The Morgan fingerprint density at radius 3 is 2.58 bits per heavy atom. The molecule has 2 amide bonds. The van der Waals surface area contributed by atoms with Crippen molar-refractivity contribution in [1.82, 2.24) is 10.2 Å². The summed E-state index contributed by atoms with van der Waals surface area (Å²) in [6.07, 6.45) is 6.75. The second-order valence-corrected chi connectivity index (χ2v) is 11.8. The quantitative estimate of drug-likeness (QED) is 0.479. The van der Waals surface area contributed by atoms with Crippen LogP contribution < -0.4 is 5.32 Å². The largest absolute Gasteiger partial charge is 0.481 e. The monoisotopic (exact) mass is 474 g/mol. The van der Waals surface area contributed by atoms with E-state index >= 15 is 0 Å². The van der Waals surface area contributed by atoms with Gasteiger partial charge in [0, 0.05) is 17.3 Å². The Kier molecular flexibility index (Phi) is 7.52. The molecule has 0 bridgehead atoms. The number of carboxylic acids is 1. The fraction of sp³-hybridized carbons (Fsp3) is 0.630. The predicted octanol–water partition coefficient (Wildman–Crippen LogP) is 6.74. The third-order valence-electron chi connectivity index (χ3n) is 7.23. The van der Waals surface area contributed by atoms with E-state index in [1.165, 1.54) is 0 Å². The first-order chi connectivity index (χ1) is 15.3. The van der Waals surface area contributed by atoms with Crippen LogP contribution in [0.3, 0.4) is 0 Å². The maximum Gasteiger partial charge on any atom is 0.322 e. The number of benzene rings is 1. The standard InChI is InChI=1S/C27H39ClN2O3/c1-17(2)22-16-30(21-9-7-8-19(14-21)24(31)32)25(33)29-27(22,6)20-11-10-18(23(28)15-20)12-13-26(3,4)5/h10-11,15-17,19,21H,7-9,12-14H2,1-6H3,(H,29,33)(H,31,32)/t19?,21?,27-/m0/s1. The number of nitrogens with zero attached hydrogens (tertiary/aromatic N) is 1. The molecule has 1 saturated carbocycles. The van der Waals surface area contributed by atoms with Gasteiger partial charge in [0.25, 0.3) is 0 Å². The number of carboxylic acid groups (broad SMARTS) is 1. The molecule has 0 spiro atoms. The minimum Gasteiger partial charge on any atom is -0.481 e. The fourth-order valence-electron chi connectivity index (χ4n) is 5.14. The van der Waals surface area contributed by atoms with E-state index in [-0.39, 0.29) is 29.3 Å². The Bertz CT molecular complexity index is 934. The van der Waals surface area contributed by atoms with Crippen molar-refractivity contribution >= 4 is 23.6 Å². The first kappa shape index (κ1) is 25.6. The van der Waals surface area contributed by atoms with Crippen LogP contribution in [0.25, 0.3) is 0 Å². The Morgan fingerprint density at radius 1 is 1.30 bits per heavy atom.